The van der Waals surface area contributed by atoms with Crippen LogP contribution in [0.4, 0.5) is 13.2 Å². The summed E-state index contributed by atoms with van der Waals surface area (Å²) in [5, 5.41) is 7.12. The standard InChI is InChI=1S/C19H28N2O3.C2HF3O2/c1-14-3-6-17(24-14)12-20-9-7-19(8-10-20)15(2)21(11-16-4-5-16)18(22)13-23-19;3-2(4,5)1(6)7/h3,6,15-16H,4-5,7-13H2,1-2H3;(H,6,7). The Labute approximate surface area is 179 Å². The van der Waals surface area contributed by atoms with Gasteiger partial charge in [-0.2, -0.15) is 13.2 Å². The van der Waals surface area contributed by atoms with E-state index in [1.165, 1.54) is 12.8 Å². The van der Waals surface area contributed by atoms with Crippen LogP contribution >= 0.6 is 0 Å². The van der Waals surface area contributed by atoms with E-state index in [4.69, 9.17) is 19.1 Å². The van der Waals surface area contributed by atoms with Crippen LogP contribution in [0, 0.1) is 12.8 Å². The van der Waals surface area contributed by atoms with Crippen LogP contribution < -0.4 is 0 Å². The second kappa shape index (κ2) is 9.20. The molecular weight excluding hydrogens is 417 g/mol. The lowest BCUT2D eigenvalue weighted by Gasteiger charge is -2.51. The molecule has 1 saturated carbocycles. The highest BCUT2D eigenvalue weighted by molar-refractivity contribution is 5.78. The van der Waals surface area contributed by atoms with Gasteiger partial charge < -0.3 is 19.2 Å². The van der Waals surface area contributed by atoms with E-state index in [-0.39, 0.29) is 24.2 Å². The Balaban J connectivity index is 0.000000339. The number of aliphatic carboxylic acids is 1. The average Bonchev–Trinajstić information content (AvgIpc) is 3.43. The van der Waals surface area contributed by atoms with Gasteiger partial charge in [-0.15, -0.1) is 0 Å². The van der Waals surface area contributed by atoms with Crippen LogP contribution in [-0.2, 0) is 20.9 Å². The molecule has 1 spiro atoms. The Morgan fingerprint density at radius 1 is 1.26 bits per heavy atom. The molecule has 2 saturated heterocycles. The van der Waals surface area contributed by atoms with Gasteiger partial charge in [0.1, 0.15) is 18.1 Å². The van der Waals surface area contributed by atoms with E-state index in [2.05, 4.69) is 22.8 Å². The van der Waals surface area contributed by atoms with Gasteiger partial charge in [0.2, 0.25) is 5.91 Å². The highest BCUT2D eigenvalue weighted by atomic mass is 19.4. The number of aryl methyl sites for hydroxylation is 1. The molecule has 31 heavy (non-hydrogen) atoms. The number of furan rings is 1. The van der Waals surface area contributed by atoms with Crippen molar-refractivity contribution >= 4 is 11.9 Å². The Kier molecular flexibility index (Phi) is 7.00. The first kappa shape index (κ1) is 23.6. The number of amides is 1. The fourth-order valence-electron chi connectivity index (χ4n) is 4.19. The van der Waals surface area contributed by atoms with E-state index in [1.807, 2.05) is 13.0 Å². The first-order valence-electron chi connectivity index (χ1n) is 10.5. The summed E-state index contributed by atoms with van der Waals surface area (Å²) in [7, 11) is 0. The molecule has 174 valence electrons. The normalized spacial score (nSPS) is 24.1. The van der Waals surface area contributed by atoms with Gasteiger partial charge in [0, 0.05) is 19.6 Å². The summed E-state index contributed by atoms with van der Waals surface area (Å²) in [5.74, 6) is 0.151. The van der Waals surface area contributed by atoms with Crippen molar-refractivity contribution < 1.29 is 37.0 Å². The van der Waals surface area contributed by atoms with Crippen molar-refractivity contribution in [1.29, 1.82) is 0 Å². The summed E-state index contributed by atoms with van der Waals surface area (Å²) in [6, 6.07) is 4.27. The highest BCUT2D eigenvalue weighted by Crippen LogP contribution is 2.38. The minimum Gasteiger partial charge on any atom is -0.475 e. The van der Waals surface area contributed by atoms with Gasteiger partial charge in [-0.1, -0.05) is 0 Å². The molecule has 1 amide bonds. The number of morpholine rings is 1. The summed E-state index contributed by atoms with van der Waals surface area (Å²) >= 11 is 0. The Morgan fingerprint density at radius 3 is 2.35 bits per heavy atom. The van der Waals surface area contributed by atoms with Crippen LogP contribution in [0.15, 0.2) is 16.5 Å². The van der Waals surface area contributed by atoms with Crippen LogP contribution in [0.1, 0.15) is 44.1 Å². The maximum absolute atomic E-state index is 12.3. The summed E-state index contributed by atoms with van der Waals surface area (Å²) < 4.78 is 43.6. The van der Waals surface area contributed by atoms with E-state index in [9.17, 15) is 18.0 Å². The van der Waals surface area contributed by atoms with Crippen LogP contribution in [0.3, 0.4) is 0 Å². The smallest absolute Gasteiger partial charge is 0.475 e. The molecule has 1 atom stereocenters. The second-order valence-corrected chi connectivity index (χ2v) is 8.61. The third kappa shape index (κ3) is 6.00. The SMILES string of the molecule is Cc1ccc(CN2CCC3(CC2)OCC(=O)N(CC2CC2)C3C)o1.O=C(O)C(F)(F)F. The third-order valence-corrected chi connectivity index (χ3v) is 6.30. The van der Waals surface area contributed by atoms with E-state index in [0.717, 1.165) is 56.5 Å². The molecule has 3 heterocycles. The monoisotopic (exact) mass is 446 g/mol. The van der Waals surface area contributed by atoms with Gasteiger partial charge in [0.25, 0.3) is 0 Å². The molecular formula is C21H29F3N2O5. The van der Waals surface area contributed by atoms with Gasteiger partial charge in [0.05, 0.1) is 18.2 Å². The summed E-state index contributed by atoms with van der Waals surface area (Å²) in [6.45, 7) is 8.21. The van der Waals surface area contributed by atoms with Crippen LogP contribution in [-0.4, -0.2) is 70.8 Å². The lowest BCUT2D eigenvalue weighted by Crippen LogP contribution is -2.64. The molecule has 1 unspecified atom stereocenters. The molecule has 0 radical (unpaired) electrons. The molecule has 3 aliphatic rings. The number of rotatable bonds is 4. The number of alkyl halides is 3. The molecule has 1 N–H and O–H groups in total. The number of likely N-dealkylation sites (tertiary alicyclic amines) is 1. The van der Waals surface area contributed by atoms with Crippen molar-refractivity contribution in [2.75, 3.05) is 26.2 Å². The van der Waals surface area contributed by atoms with Crippen molar-refractivity contribution in [3.05, 3.63) is 23.7 Å². The zero-order valence-electron chi connectivity index (χ0n) is 17.8. The Morgan fingerprint density at radius 2 is 1.87 bits per heavy atom. The predicted octanol–water partition coefficient (Wildman–Crippen LogP) is 3.21. The number of halogens is 3. The van der Waals surface area contributed by atoms with Crippen LogP contribution in [0.5, 0.6) is 0 Å². The fourth-order valence-corrected chi connectivity index (χ4v) is 4.19. The summed E-state index contributed by atoms with van der Waals surface area (Å²) in [5.41, 5.74) is -0.154. The van der Waals surface area contributed by atoms with Crippen molar-refractivity contribution in [1.82, 2.24) is 9.80 Å². The molecule has 0 aromatic carbocycles. The topological polar surface area (TPSA) is 83.2 Å². The number of nitrogens with zero attached hydrogens (tertiary/aromatic N) is 2. The number of carboxylic acids is 1. The fraction of sp³-hybridized carbons (Fsp3) is 0.714. The second-order valence-electron chi connectivity index (χ2n) is 8.61. The molecule has 2 aliphatic heterocycles. The van der Waals surface area contributed by atoms with Gasteiger partial charge in [-0.25, -0.2) is 4.79 Å². The number of carbonyl (C=O) groups excluding carboxylic acids is 1. The maximum Gasteiger partial charge on any atom is 0.490 e. The number of carbonyl (C=O) groups is 2. The number of hydrogen-bond acceptors (Lipinski definition) is 5. The molecule has 1 aromatic heterocycles. The Bertz CT molecular complexity index is 782. The van der Waals surface area contributed by atoms with E-state index < -0.39 is 12.1 Å². The number of piperidine rings is 1. The molecule has 1 aliphatic carbocycles. The maximum atomic E-state index is 12.3. The van der Waals surface area contributed by atoms with Gasteiger partial charge >= 0.3 is 12.1 Å². The molecule has 0 bridgehead atoms. The number of ether oxygens (including phenoxy) is 1. The van der Waals surface area contributed by atoms with Crippen molar-refractivity contribution in [2.24, 2.45) is 5.92 Å². The molecule has 1 aromatic rings. The first-order valence-corrected chi connectivity index (χ1v) is 10.5. The van der Waals surface area contributed by atoms with Gasteiger partial charge in [-0.3, -0.25) is 9.69 Å². The van der Waals surface area contributed by atoms with Crippen molar-refractivity contribution in [3.8, 4) is 0 Å². The highest BCUT2D eigenvalue weighted by Gasteiger charge is 2.48. The zero-order chi connectivity index (χ0) is 22.8. The number of carboxylic acid groups (broad SMARTS) is 1. The predicted molar refractivity (Wildman–Crippen MR) is 104 cm³/mol. The van der Waals surface area contributed by atoms with Crippen molar-refractivity contribution in [2.45, 2.75) is 63.9 Å². The van der Waals surface area contributed by atoms with Crippen LogP contribution in [0.25, 0.3) is 0 Å². The molecule has 3 fully saturated rings. The average molecular weight is 446 g/mol. The minimum atomic E-state index is -5.08. The molecule has 10 heteroatoms. The quantitative estimate of drug-likeness (QED) is 0.765. The van der Waals surface area contributed by atoms with E-state index in [1.54, 1.807) is 0 Å². The summed E-state index contributed by atoms with van der Waals surface area (Å²) in [4.78, 5) is 25.7. The number of hydrogen-bond donors (Lipinski definition) is 1. The van der Waals surface area contributed by atoms with E-state index >= 15 is 0 Å². The largest absolute Gasteiger partial charge is 0.490 e. The minimum absolute atomic E-state index is 0.154. The summed E-state index contributed by atoms with van der Waals surface area (Å²) in [6.07, 6.45) is -0.550. The lowest BCUT2D eigenvalue weighted by atomic mass is 9.82. The van der Waals surface area contributed by atoms with Gasteiger partial charge in [-0.05, 0) is 57.6 Å². The van der Waals surface area contributed by atoms with E-state index in [0.29, 0.717) is 0 Å². The zero-order valence-corrected chi connectivity index (χ0v) is 17.8. The third-order valence-electron chi connectivity index (χ3n) is 6.30. The Hall–Kier alpha value is -2.07. The van der Waals surface area contributed by atoms with Gasteiger partial charge in [0.15, 0.2) is 0 Å². The molecule has 4 rings (SSSR count). The molecule has 7 nitrogen and oxygen atoms in total. The van der Waals surface area contributed by atoms with Crippen molar-refractivity contribution in [3.63, 3.8) is 0 Å². The first-order chi connectivity index (χ1) is 14.5. The van der Waals surface area contributed by atoms with Crippen LogP contribution in [0.2, 0.25) is 0 Å². The lowest BCUT2D eigenvalue weighted by molar-refractivity contribution is -0.192.